The molecule has 0 bridgehead atoms. The number of halogens is 1. The standard InChI is InChI=1S/C16H21FN2O3S/c1-11-7-13(3-4-14(11)17)8-18-5-6-19(12(2)20)16-10-23(21,22)9-15(16)18/h3-4,7,15-16H,5-6,8-10H2,1-2H3/t15-,16+/m1/s1. The molecule has 2 fully saturated rings. The topological polar surface area (TPSA) is 57.7 Å². The molecular weight excluding hydrogens is 319 g/mol. The average Bonchev–Trinajstić information content (AvgIpc) is 2.78. The van der Waals surface area contributed by atoms with E-state index in [0.29, 0.717) is 25.2 Å². The van der Waals surface area contributed by atoms with Crippen LogP contribution in [-0.2, 0) is 21.2 Å². The third kappa shape index (κ3) is 3.26. The van der Waals surface area contributed by atoms with Crippen LogP contribution < -0.4 is 0 Å². The monoisotopic (exact) mass is 340 g/mol. The number of nitrogens with zero attached hydrogens (tertiary/aromatic N) is 2. The summed E-state index contributed by atoms with van der Waals surface area (Å²) in [6.07, 6.45) is 0. The van der Waals surface area contributed by atoms with Crippen LogP contribution in [0.3, 0.4) is 0 Å². The molecule has 126 valence electrons. The molecule has 3 rings (SSSR count). The molecule has 7 heteroatoms. The Kier molecular flexibility index (Phi) is 4.18. The lowest BCUT2D eigenvalue weighted by atomic mass is 10.0. The molecule has 0 radical (unpaired) electrons. The summed E-state index contributed by atoms with van der Waals surface area (Å²) < 4.78 is 37.5. The van der Waals surface area contributed by atoms with Gasteiger partial charge in [-0.15, -0.1) is 0 Å². The first-order valence-electron chi connectivity index (χ1n) is 7.73. The first-order valence-corrected chi connectivity index (χ1v) is 9.56. The Labute approximate surface area is 136 Å². The second kappa shape index (κ2) is 5.87. The number of hydrogen-bond donors (Lipinski definition) is 0. The SMILES string of the molecule is CC(=O)N1CCN(Cc2ccc(F)c(C)c2)[C@@H]2CS(=O)(=O)C[C@@H]21. The van der Waals surface area contributed by atoms with Crippen LogP contribution in [0.5, 0.6) is 0 Å². The third-order valence-electron chi connectivity index (χ3n) is 4.80. The van der Waals surface area contributed by atoms with E-state index in [-0.39, 0.29) is 35.3 Å². The number of sulfone groups is 1. The van der Waals surface area contributed by atoms with Crippen LogP contribution in [0.1, 0.15) is 18.1 Å². The van der Waals surface area contributed by atoms with Crippen molar-refractivity contribution in [3.8, 4) is 0 Å². The molecule has 23 heavy (non-hydrogen) atoms. The average molecular weight is 340 g/mol. The molecule has 1 amide bonds. The predicted molar refractivity (Wildman–Crippen MR) is 85.2 cm³/mol. The molecule has 2 aliphatic rings. The quantitative estimate of drug-likeness (QED) is 0.805. The Morgan fingerprint density at radius 1 is 1.26 bits per heavy atom. The molecule has 2 heterocycles. The smallest absolute Gasteiger partial charge is 0.219 e. The minimum Gasteiger partial charge on any atom is -0.336 e. The number of carbonyl (C=O) groups is 1. The van der Waals surface area contributed by atoms with E-state index >= 15 is 0 Å². The zero-order valence-electron chi connectivity index (χ0n) is 13.3. The lowest BCUT2D eigenvalue weighted by molar-refractivity contribution is -0.134. The molecule has 0 spiro atoms. The van der Waals surface area contributed by atoms with Crippen molar-refractivity contribution in [1.82, 2.24) is 9.80 Å². The molecule has 2 saturated heterocycles. The highest BCUT2D eigenvalue weighted by Gasteiger charge is 2.47. The van der Waals surface area contributed by atoms with Crippen LogP contribution in [0.4, 0.5) is 4.39 Å². The highest BCUT2D eigenvalue weighted by molar-refractivity contribution is 7.91. The maximum atomic E-state index is 13.4. The van der Waals surface area contributed by atoms with Crippen LogP contribution >= 0.6 is 0 Å². The lowest BCUT2D eigenvalue weighted by Crippen LogP contribution is -2.59. The van der Waals surface area contributed by atoms with Crippen molar-refractivity contribution in [3.05, 3.63) is 35.1 Å². The maximum absolute atomic E-state index is 13.4. The van der Waals surface area contributed by atoms with Crippen LogP contribution in [0.25, 0.3) is 0 Å². The van der Waals surface area contributed by atoms with E-state index in [1.54, 1.807) is 24.0 Å². The number of piperazine rings is 1. The van der Waals surface area contributed by atoms with E-state index < -0.39 is 9.84 Å². The number of amides is 1. The predicted octanol–water partition coefficient (Wildman–Crippen LogP) is 0.964. The molecule has 0 saturated carbocycles. The molecule has 0 unspecified atom stereocenters. The molecule has 1 aromatic rings. The Balaban J connectivity index is 1.83. The number of carbonyl (C=O) groups excluding carboxylic acids is 1. The Morgan fingerprint density at radius 3 is 2.61 bits per heavy atom. The maximum Gasteiger partial charge on any atom is 0.219 e. The van der Waals surface area contributed by atoms with Crippen molar-refractivity contribution >= 4 is 15.7 Å². The van der Waals surface area contributed by atoms with Gasteiger partial charge in [-0.3, -0.25) is 9.69 Å². The van der Waals surface area contributed by atoms with Crippen molar-refractivity contribution in [2.75, 3.05) is 24.6 Å². The van der Waals surface area contributed by atoms with Crippen LogP contribution in [-0.4, -0.2) is 60.8 Å². The lowest BCUT2D eigenvalue weighted by Gasteiger charge is -2.43. The van der Waals surface area contributed by atoms with Crippen LogP contribution in [0.15, 0.2) is 18.2 Å². The van der Waals surface area contributed by atoms with Crippen LogP contribution in [0.2, 0.25) is 0 Å². The number of aryl methyl sites for hydroxylation is 1. The van der Waals surface area contributed by atoms with Gasteiger partial charge in [0.2, 0.25) is 5.91 Å². The number of rotatable bonds is 2. The molecule has 0 aromatic heterocycles. The summed E-state index contributed by atoms with van der Waals surface area (Å²) >= 11 is 0. The van der Waals surface area contributed by atoms with Gasteiger partial charge in [0.25, 0.3) is 0 Å². The summed E-state index contributed by atoms with van der Waals surface area (Å²) in [5.41, 5.74) is 1.55. The van der Waals surface area contributed by atoms with Gasteiger partial charge in [-0.1, -0.05) is 12.1 Å². The number of hydrogen-bond acceptors (Lipinski definition) is 4. The fraction of sp³-hybridized carbons (Fsp3) is 0.562. The van der Waals surface area contributed by atoms with Crippen molar-refractivity contribution in [3.63, 3.8) is 0 Å². The largest absolute Gasteiger partial charge is 0.336 e. The minimum atomic E-state index is -3.13. The minimum absolute atomic E-state index is 0.0379. The zero-order chi connectivity index (χ0) is 16.8. The summed E-state index contributed by atoms with van der Waals surface area (Å²) in [6, 6.07) is 4.53. The Bertz CT molecular complexity index is 735. The van der Waals surface area contributed by atoms with Gasteiger partial charge >= 0.3 is 0 Å². The summed E-state index contributed by atoms with van der Waals surface area (Å²) in [7, 11) is -3.13. The van der Waals surface area contributed by atoms with Crippen LogP contribution in [0, 0.1) is 12.7 Å². The fourth-order valence-corrected chi connectivity index (χ4v) is 5.66. The highest BCUT2D eigenvalue weighted by atomic mass is 32.2. The van der Waals surface area contributed by atoms with Gasteiger partial charge in [-0.25, -0.2) is 12.8 Å². The molecule has 0 N–H and O–H groups in total. The molecular formula is C16H21FN2O3S. The second-order valence-electron chi connectivity index (χ2n) is 6.48. The molecule has 1 aromatic carbocycles. The zero-order valence-corrected chi connectivity index (χ0v) is 14.1. The van der Waals surface area contributed by atoms with Crippen molar-refractivity contribution in [2.45, 2.75) is 32.5 Å². The van der Waals surface area contributed by atoms with Crippen molar-refractivity contribution < 1.29 is 17.6 Å². The fourth-order valence-electron chi connectivity index (χ4n) is 3.65. The highest BCUT2D eigenvalue weighted by Crippen LogP contribution is 2.28. The van der Waals surface area contributed by atoms with Gasteiger partial charge in [-0.05, 0) is 24.1 Å². The summed E-state index contributed by atoms with van der Waals surface area (Å²) in [5, 5.41) is 0. The van der Waals surface area contributed by atoms with Crippen molar-refractivity contribution in [2.24, 2.45) is 0 Å². The summed E-state index contributed by atoms with van der Waals surface area (Å²) in [5.74, 6) is -0.191. The van der Waals surface area contributed by atoms with Gasteiger partial charge in [0.15, 0.2) is 9.84 Å². The van der Waals surface area contributed by atoms with E-state index in [0.717, 1.165) is 5.56 Å². The van der Waals surface area contributed by atoms with Gasteiger partial charge in [-0.2, -0.15) is 0 Å². The molecule has 5 nitrogen and oxygen atoms in total. The molecule has 2 atom stereocenters. The summed E-state index contributed by atoms with van der Waals surface area (Å²) in [4.78, 5) is 15.6. The third-order valence-corrected chi connectivity index (χ3v) is 6.50. The Morgan fingerprint density at radius 2 is 1.96 bits per heavy atom. The molecule has 2 aliphatic heterocycles. The van der Waals surface area contributed by atoms with Gasteiger partial charge in [0, 0.05) is 32.6 Å². The van der Waals surface area contributed by atoms with E-state index in [1.165, 1.54) is 13.0 Å². The number of benzene rings is 1. The van der Waals surface area contributed by atoms with Gasteiger partial charge in [0.05, 0.1) is 17.5 Å². The second-order valence-corrected chi connectivity index (χ2v) is 8.63. The van der Waals surface area contributed by atoms with E-state index in [1.807, 2.05) is 0 Å². The van der Waals surface area contributed by atoms with E-state index in [9.17, 15) is 17.6 Å². The normalized spacial score (nSPS) is 27.0. The van der Waals surface area contributed by atoms with E-state index in [2.05, 4.69) is 4.90 Å². The van der Waals surface area contributed by atoms with E-state index in [4.69, 9.17) is 0 Å². The first-order chi connectivity index (χ1) is 10.8. The van der Waals surface area contributed by atoms with Gasteiger partial charge in [0.1, 0.15) is 5.82 Å². The van der Waals surface area contributed by atoms with Crippen molar-refractivity contribution in [1.29, 1.82) is 0 Å². The summed E-state index contributed by atoms with van der Waals surface area (Å²) in [6.45, 7) is 4.94. The molecule has 0 aliphatic carbocycles. The van der Waals surface area contributed by atoms with Gasteiger partial charge < -0.3 is 4.90 Å². The Hall–Kier alpha value is -1.47. The number of fused-ring (bicyclic) bond motifs is 1. The first kappa shape index (κ1) is 16.4.